The van der Waals surface area contributed by atoms with Crippen molar-refractivity contribution in [2.75, 3.05) is 12.4 Å². The van der Waals surface area contributed by atoms with Crippen molar-refractivity contribution < 1.29 is 9.90 Å². The molecule has 0 saturated heterocycles. The van der Waals surface area contributed by atoms with Crippen LogP contribution in [0.15, 0.2) is 0 Å². The Morgan fingerprint density at radius 3 is 2.60 bits per heavy atom. The van der Waals surface area contributed by atoms with Crippen molar-refractivity contribution in [3.05, 3.63) is 0 Å². The highest BCUT2D eigenvalue weighted by Crippen LogP contribution is 2.06. The maximum atomic E-state index is 10.4. The summed E-state index contributed by atoms with van der Waals surface area (Å²) in [6, 6.07) is 0. The van der Waals surface area contributed by atoms with E-state index in [1.165, 1.54) is 11.8 Å². The predicted molar refractivity (Wildman–Crippen MR) is 44.1 cm³/mol. The van der Waals surface area contributed by atoms with E-state index in [1.807, 2.05) is 0 Å². The molecular weight excluding hydrogens is 148 g/mol. The molecule has 0 saturated carbocycles. The number of hydrogen-bond acceptors (Lipinski definition) is 3. The second-order valence-corrected chi connectivity index (χ2v) is 3.40. The van der Waals surface area contributed by atoms with Gasteiger partial charge in [0.05, 0.1) is 0 Å². The Morgan fingerprint density at radius 2 is 2.10 bits per heavy atom. The molecule has 0 amide bonds. The van der Waals surface area contributed by atoms with E-state index in [1.54, 1.807) is 6.92 Å². The third-order valence-corrected chi connectivity index (χ3v) is 2.01. The van der Waals surface area contributed by atoms with Gasteiger partial charge in [0.2, 0.25) is 0 Å². The van der Waals surface area contributed by atoms with Crippen LogP contribution in [0.3, 0.4) is 0 Å². The van der Waals surface area contributed by atoms with E-state index in [0.717, 1.165) is 25.0 Å². The van der Waals surface area contributed by atoms with Crippen LogP contribution in [0.1, 0.15) is 26.2 Å². The van der Waals surface area contributed by atoms with Gasteiger partial charge in [0.15, 0.2) is 5.12 Å². The van der Waals surface area contributed by atoms with Crippen LogP contribution in [-0.4, -0.2) is 22.6 Å². The quantitative estimate of drug-likeness (QED) is 0.621. The highest BCUT2D eigenvalue weighted by Gasteiger charge is 1.92. The van der Waals surface area contributed by atoms with Crippen molar-refractivity contribution in [1.82, 2.24) is 0 Å². The van der Waals surface area contributed by atoms with Gasteiger partial charge in [0, 0.05) is 19.3 Å². The van der Waals surface area contributed by atoms with Gasteiger partial charge < -0.3 is 5.11 Å². The molecule has 0 bridgehead atoms. The number of thioether (sulfide) groups is 1. The first-order valence-electron chi connectivity index (χ1n) is 3.51. The van der Waals surface area contributed by atoms with Crippen molar-refractivity contribution in [1.29, 1.82) is 0 Å². The molecule has 0 aliphatic heterocycles. The molecule has 2 nitrogen and oxygen atoms in total. The summed E-state index contributed by atoms with van der Waals surface area (Å²) >= 11 is 1.36. The van der Waals surface area contributed by atoms with Gasteiger partial charge in [-0.05, 0) is 12.8 Å². The van der Waals surface area contributed by atoms with Crippen LogP contribution in [0.4, 0.5) is 0 Å². The summed E-state index contributed by atoms with van der Waals surface area (Å²) in [4.78, 5) is 10.4. The minimum atomic E-state index is 0.184. The molecule has 0 fully saturated rings. The molecule has 0 aliphatic carbocycles. The Bertz CT molecular complexity index is 93.6. The fourth-order valence-corrected chi connectivity index (χ4v) is 1.24. The van der Waals surface area contributed by atoms with Crippen LogP contribution in [0.5, 0.6) is 0 Å². The van der Waals surface area contributed by atoms with Crippen LogP contribution in [-0.2, 0) is 4.79 Å². The summed E-state index contributed by atoms with van der Waals surface area (Å²) in [6.07, 6.45) is 2.92. The van der Waals surface area contributed by atoms with Gasteiger partial charge in [-0.1, -0.05) is 18.2 Å². The lowest BCUT2D eigenvalue weighted by Crippen LogP contribution is -1.88. The van der Waals surface area contributed by atoms with Crippen molar-refractivity contribution in [2.24, 2.45) is 0 Å². The van der Waals surface area contributed by atoms with Gasteiger partial charge in [-0.15, -0.1) is 0 Å². The highest BCUT2D eigenvalue weighted by molar-refractivity contribution is 8.13. The molecule has 0 aromatic heterocycles. The standard InChI is InChI=1S/C7H14O2S/c1-7(9)10-6-4-2-3-5-8/h8H,2-6H2,1H3. The Labute approximate surface area is 66.0 Å². The molecule has 3 heteroatoms. The summed E-state index contributed by atoms with van der Waals surface area (Å²) in [7, 11) is 0. The van der Waals surface area contributed by atoms with Crippen LogP contribution >= 0.6 is 11.8 Å². The Morgan fingerprint density at radius 1 is 1.40 bits per heavy atom. The van der Waals surface area contributed by atoms with Crippen LogP contribution in [0.2, 0.25) is 0 Å². The fourth-order valence-electron chi connectivity index (χ4n) is 0.607. The number of hydrogen-bond donors (Lipinski definition) is 1. The van der Waals surface area contributed by atoms with Crippen molar-refractivity contribution in [3.8, 4) is 0 Å². The van der Waals surface area contributed by atoms with E-state index < -0.39 is 0 Å². The zero-order valence-electron chi connectivity index (χ0n) is 6.30. The smallest absolute Gasteiger partial charge is 0.185 e. The summed E-state index contributed by atoms with van der Waals surface area (Å²) in [6.45, 7) is 1.85. The summed E-state index contributed by atoms with van der Waals surface area (Å²) < 4.78 is 0. The minimum Gasteiger partial charge on any atom is -0.396 e. The van der Waals surface area contributed by atoms with E-state index in [0.29, 0.717) is 0 Å². The summed E-state index contributed by atoms with van der Waals surface area (Å²) in [5.74, 6) is 0.898. The lowest BCUT2D eigenvalue weighted by Gasteiger charge is -1.95. The average Bonchev–Trinajstić information content (AvgIpc) is 1.87. The number of aliphatic hydroxyl groups excluding tert-OH is 1. The first-order valence-corrected chi connectivity index (χ1v) is 4.50. The molecule has 0 aromatic carbocycles. The monoisotopic (exact) mass is 162 g/mol. The van der Waals surface area contributed by atoms with E-state index in [-0.39, 0.29) is 11.7 Å². The molecule has 0 radical (unpaired) electrons. The third-order valence-electron chi connectivity index (χ3n) is 1.11. The van der Waals surface area contributed by atoms with E-state index in [9.17, 15) is 4.79 Å². The maximum absolute atomic E-state index is 10.4. The molecule has 0 rings (SSSR count). The summed E-state index contributed by atoms with van der Waals surface area (Å²) in [5, 5.41) is 8.59. The van der Waals surface area contributed by atoms with Crippen LogP contribution < -0.4 is 0 Å². The predicted octanol–water partition coefficient (Wildman–Crippen LogP) is 1.43. The number of rotatable bonds is 5. The molecule has 0 unspecified atom stereocenters. The van der Waals surface area contributed by atoms with E-state index >= 15 is 0 Å². The van der Waals surface area contributed by atoms with Gasteiger partial charge in [0.1, 0.15) is 0 Å². The fraction of sp³-hybridized carbons (Fsp3) is 0.857. The molecule has 0 heterocycles. The Hall–Kier alpha value is -0.0200. The van der Waals surface area contributed by atoms with E-state index in [4.69, 9.17) is 5.11 Å². The Balaban J connectivity index is 2.84. The highest BCUT2D eigenvalue weighted by atomic mass is 32.2. The molecule has 10 heavy (non-hydrogen) atoms. The van der Waals surface area contributed by atoms with Crippen LogP contribution in [0, 0.1) is 0 Å². The van der Waals surface area contributed by atoms with Gasteiger partial charge in [-0.2, -0.15) is 0 Å². The normalized spacial score (nSPS) is 9.80. The number of unbranched alkanes of at least 4 members (excludes halogenated alkanes) is 2. The molecular formula is C7H14O2S. The zero-order valence-corrected chi connectivity index (χ0v) is 7.12. The largest absolute Gasteiger partial charge is 0.396 e. The lowest BCUT2D eigenvalue weighted by molar-refractivity contribution is -0.109. The van der Waals surface area contributed by atoms with Crippen molar-refractivity contribution in [3.63, 3.8) is 0 Å². The van der Waals surface area contributed by atoms with Crippen LogP contribution in [0.25, 0.3) is 0 Å². The first-order chi connectivity index (χ1) is 4.77. The van der Waals surface area contributed by atoms with Crippen molar-refractivity contribution in [2.45, 2.75) is 26.2 Å². The van der Waals surface area contributed by atoms with Gasteiger partial charge >= 0.3 is 0 Å². The molecule has 60 valence electrons. The molecule has 0 aliphatic rings. The SMILES string of the molecule is CC(=O)SCCCCCO. The second-order valence-electron chi connectivity index (χ2n) is 2.12. The summed E-state index contributed by atoms with van der Waals surface area (Å²) in [5.41, 5.74) is 0. The number of carbonyl (C=O) groups excluding carboxylic acids is 1. The molecule has 0 atom stereocenters. The third kappa shape index (κ3) is 7.98. The number of carbonyl (C=O) groups is 1. The molecule has 0 aromatic rings. The average molecular weight is 162 g/mol. The van der Waals surface area contributed by atoms with Gasteiger partial charge in [-0.3, -0.25) is 4.79 Å². The first kappa shape index (κ1) is 9.98. The Kier molecular flexibility index (Phi) is 7.08. The van der Waals surface area contributed by atoms with Gasteiger partial charge in [-0.25, -0.2) is 0 Å². The second kappa shape index (κ2) is 7.09. The van der Waals surface area contributed by atoms with Crippen molar-refractivity contribution >= 4 is 16.9 Å². The topological polar surface area (TPSA) is 37.3 Å². The molecule has 0 spiro atoms. The molecule has 1 N–H and O–H groups in total. The number of aliphatic hydroxyl groups is 1. The maximum Gasteiger partial charge on any atom is 0.185 e. The lowest BCUT2D eigenvalue weighted by atomic mass is 10.3. The zero-order chi connectivity index (χ0) is 7.82. The van der Waals surface area contributed by atoms with Gasteiger partial charge in [0.25, 0.3) is 0 Å². The minimum absolute atomic E-state index is 0.184. The van der Waals surface area contributed by atoms with E-state index in [2.05, 4.69) is 0 Å².